The Morgan fingerprint density at radius 2 is 2.23 bits per heavy atom. The zero-order valence-corrected chi connectivity index (χ0v) is 13.3. The van der Waals surface area contributed by atoms with Gasteiger partial charge in [0, 0.05) is 43.8 Å². The molecule has 118 valence electrons. The molecule has 0 aromatic carbocycles. The molecule has 0 aliphatic carbocycles. The molecule has 22 heavy (non-hydrogen) atoms. The maximum absolute atomic E-state index is 10.4. The maximum Gasteiger partial charge on any atom is 0.0835 e. The molecule has 1 aliphatic heterocycles. The van der Waals surface area contributed by atoms with Crippen LogP contribution in [0.4, 0.5) is 0 Å². The van der Waals surface area contributed by atoms with Gasteiger partial charge in [0.15, 0.2) is 0 Å². The quantitative estimate of drug-likeness (QED) is 0.920. The van der Waals surface area contributed by atoms with Gasteiger partial charge in [-0.05, 0) is 43.9 Å². The Labute approximate surface area is 131 Å². The number of rotatable bonds is 5. The van der Waals surface area contributed by atoms with Crippen molar-refractivity contribution >= 4 is 0 Å². The van der Waals surface area contributed by atoms with E-state index in [1.54, 1.807) is 10.9 Å². The van der Waals surface area contributed by atoms with Gasteiger partial charge < -0.3 is 5.11 Å². The topological polar surface area (TPSA) is 54.2 Å². The standard InChI is InChI=1S/C17H24N4O/c1-13-6-14(9-18-8-13)11-21-5-3-4-16(21)7-17(22)15-10-19-20(2)12-15/h6,8-10,12,16-17,22H,3-5,7,11H2,1-2H3/t16-,17+/m1/s1. The van der Waals surface area contributed by atoms with Crippen LogP contribution in [0.1, 0.15) is 42.1 Å². The molecule has 3 heterocycles. The minimum Gasteiger partial charge on any atom is -0.388 e. The average molecular weight is 300 g/mol. The first-order valence-electron chi connectivity index (χ1n) is 7.93. The van der Waals surface area contributed by atoms with Crippen molar-refractivity contribution in [3.63, 3.8) is 0 Å². The SMILES string of the molecule is Cc1cncc(CN2CCC[C@@H]2C[C@H](O)c2cnn(C)c2)c1. The van der Waals surface area contributed by atoms with Crippen molar-refractivity contribution in [2.75, 3.05) is 6.54 Å². The van der Waals surface area contributed by atoms with E-state index in [0.29, 0.717) is 6.04 Å². The maximum atomic E-state index is 10.4. The van der Waals surface area contributed by atoms with Crippen molar-refractivity contribution in [2.45, 2.75) is 44.9 Å². The molecule has 0 spiro atoms. The van der Waals surface area contributed by atoms with Gasteiger partial charge in [0.25, 0.3) is 0 Å². The monoisotopic (exact) mass is 300 g/mol. The third kappa shape index (κ3) is 3.54. The van der Waals surface area contributed by atoms with Crippen LogP contribution in [-0.4, -0.2) is 37.4 Å². The number of aliphatic hydroxyl groups is 1. The molecule has 2 aromatic rings. The summed E-state index contributed by atoms with van der Waals surface area (Å²) in [5, 5.41) is 14.6. The number of hydrogen-bond donors (Lipinski definition) is 1. The fourth-order valence-electron chi connectivity index (χ4n) is 3.31. The van der Waals surface area contributed by atoms with E-state index < -0.39 is 6.10 Å². The first kappa shape index (κ1) is 15.2. The molecule has 1 aliphatic rings. The van der Waals surface area contributed by atoms with Crippen LogP contribution in [-0.2, 0) is 13.6 Å². The smallest absolute Gasteiger partial charge is 0.0835 e. The molecule has 0 bridgehead atoms. The van der Waals surface area contributed by atoms with Crippen LogP contribution in [0.25, 0.3) is 0 Å². The second kappa shape index (κ2) is 6.58. The molecule has 1 fully saturated rings. The van der Waals surface area contributed by atoms with Crippen LogP contribution >= 0.6 is 0 Å². The van der Waals surface area contributed by atoms with E-state index >= 15 is 0 Å². The summed E-state index contributed by atoms with van der Waals surface area (Å²) in [6.45, 7) is 4.08. The third-order valence-corrected chi connectivity index (χ3v) is 4.42. The minimum absolute atomic E-state index is 0.427. The van der Waals surface area contributed by atoms with Crippen molar-refractivity contribution in [1.29, 1.82) is 0 Å². The molecule has 0 radical (unpaired) electrons. The lowest BCUT2D eigenvalue weighted by Gasteiger charge is -2.26. The molecule has 2 aromatic heterocycles. The van der Waals surface area contributed by atoms with E-state index in [-0.39, 0.29) is 0 Å². The molecule has 0 unspecified atom stereocenters. The highest BCUT2D eigenvalue weighted by Gasteiger charge is 2.27. The number of likely N-dealkylation sites (tertiary alicyclic amines) is 1. The Bertz CT molecular complexity index is 625. The van der Waals surface area contributed by atoms with Crippen molar-refractivity contribution in [2.24, 2.45) is 7.05 Å². The van der Waals surface area contributed by atoms with Gasteiger partial charge in [-0.3, -0.25) is 14.6 Å². The number of aryl methyl sites for hydroxylation is 2. The molecular formula is C17H24N4O. The zero-order chi connectivity index (χ0) is 15.5. The Morgan fingerprint density at radius 1 is 1.36 bits per heavy atom. The highest BCUT2D eigenvalue weighted by Crippen LogP contribution is 2.28. The molecule has 1 saturated heterocycles. The van der Waals surface area contributed by atoms with Crippen molar-refractivity contribution in [3.05, 3.63) is 47.5 Å². The lowest BCUT2D eigenvalue weighted by molar-refractivity contribution is 0.118. The van der Waals surface area contributed by atoms with Gasteiger partial charge in [0.2, 0.25) is 0 Å². The summed E-state index contributed by atoms with van der Waals surface area (Å²) in [5.41, 5.74) is 3.36. The van der Waals surface area contributed by atoms with E-state index in [1.807, 2.05) is 25.6 Å². The van der Waals surface area contributed by atoms with Crippen molar-refractivity contribution in [3.8, 4) is 0 Å². The van der Waals surface area contributed by atoms with Gasteiger partial charge in [0.05, 0.1) is 12.3 Å². The normalized spacial score (nSPS) is 20.4. The Balaban J connectivity index is 1.63. The van der Waals surface area contributed by atoms with Gasteiger partial charge in [-0.15, -0.1) is 0 Å². The lowest BCUT2D eigenvalue weighted by atomic mass is 10.0. The summed E-state index contributed by atoms with van der Waals surface area (Å²) in [6.07, 6.45) is 10.2. The largest absolute Gasteiger partial charge is 0.388 e. The fourth-order valence-corrected chi connectivity index (χ4v) is 3.31. The summed E-state index contributed by atoms with van der Waals surface area (Å²) in [6, 6.07) is 2.62. The number of pyridine rings is 1. The molecule has 5 heteroatoms. The molecule has 0 amide bonds. The van der Waals surface area contributed by atoms with E-state index in [9.17, 15) is 5.11 Å². The van der Waals surface area contributed by atoms with Gasteiger partial charge in [-0.1, -0.05) is 6.07 Å². The average Bonchev–Trinajstić information content (AvgIpc) is 3.09. The number of nitrogens with zero attached hydrogens (tertiary/aromatic N) is 4. The molecule has 1 N–H and O–H groups in total. The Kier molecular flexibility index (Phi) is 4.55. The summed E-state index contributed by atoms with van der Waals surface area (Å²) in [7, 11) is 1.88. The second-order valence-corrected chi connectivity index (χ2v) is 6.34. The van der Waals surface area contributed by atoms with E-state index in [1.165, 1.54) is 17.5 Å². The number of aliphatic hydroxyl groups excluding tert-OH is 1. The Morgan fingerprint density at radius 3 is 2.95 bits per heavy atom. The predicted octanol–water partition coefficient (Wildman–Crippen LogP) is 2.21. The van der Waals surface area contributed by atoms with Gasteiger partial charge >= 0.3 is 0 Å². The van der Waals surface area contributed by atoms with E-state index in [2.05, 4.69) is 28.0 Å². The van der Waals surface area contributed by atoms with Crippen LogP contribution in [0.3, 0.4) is 0 Å². The first-order chi connectivity index (χ1) is 10.6. The lowest BCUT2D eigenvalue weighted by Crippen LogP contribution is -2.30. The van der Waals surface area contributed by atoms with E-state index in [0.717, 1.165) is 31.5 Å². The number of hydrogen-bond acceptors (Lipinski definition) is 4. The predicted molar refractivity (Wildman–Crippen MR) is 85.2 cm³/mol. The van der Waals surface area contributed by atoms with Crippen LogP contribution in [0, 0.1) is 6.92 Å². The number of aromatic nitrogens is 3. The highest BCUT2D eigenvalue weighted by molar-refractivity contribution is 5.17. The molecular weight excluding hydrogens is 276 g/mol. The van der Waals surface area contributed by atoms with Gasteiger partial charge in [-0.2, -0.15) is 5.10 Å². The van der Waals surface area contributed by atoms with Crippen molar-refractivity contribution < 1.29 is 5.11 Å². The molecule has 3 rings (SSSR count). The third-order valence-electron chi connectivity index (χ3n) is 4.42. The van der Waals surface area contributed by atoms with Gasteiger partial charge in [-0.25, -0.2) is 0 Å². The summed E-state index contributed by atoms with van der Waals surface area (Å²) in [4.78, 5) is 6.74. The minimum atomic E-state index is -0.435. The first-order valence-corrected chi connectivity index (χ1v) is 7.93. The second-order valence-electron chi connectivity index (χ2n) is 6.34. The summed E-state index contributed by atoms with van der Waals surface area (Å²) >= 11 is 0. The summed E-state index contributed by atoms with van der Waals surface area (Å²) < 4.78 is 1.74. The molecule has 5 nitrogen and oxygen atoms in total. The fraction of sp³-hybridized carbons (Fsp3) is 0.529. The zero-order valence-electron chi connectivity index (χ0n) is 13.3. The van der Waals surface area contributed by atoms with Gasteiger partial charge in [0.1, 0.15) is 0 Å². The van der Waals surface area contributed by atoms with Crippen LogP contribution in [0.5, 0.6) is 0 Å². The molecule has 2 atom stereocenters. The van der Waals surface area contributed by atoms with Crippen LogP contribution < -0.4 is 0 Å². The Hall–Kier alpha value is -1.72. The summed E-state index contributed by atoms with van der Waals surface area (Å²) in [5.74, 6) is 0. The highest BCUT2D eigenvalue weighted by atomic mass is 16.3. The van der Waals surface area contributed by atoms with Crippen LogP contribution in [0.2, 0.25) is 0 Å². The van der Waals surface area contributed by atoms with E-state index in [4.69, 9.17) is 0 Å². The van der Waals surface area contributed by atoms with Crippen LogP contribution in [0.15, 0.2) is 30.9 Å². The van der Waals surface area contributed by atoms with Crippen molar-refractivity contribution in [1.82, 2.24) is 19.7 Å². The molecule has 0 saturated carbocycles.